The van der Waals surface area contributed by atoms with Crippen LogP contribution in [0.5, 0.6) is 5.75 Å². The van der Waals surface area contributed by atoms with Crippen LogP contribution in [0.25, 0.3) is 11.8 Å². The van der Waals surface area contributed by atoms with E-state index >= 15 is 0 Å². The molecule has 0 N–H and O–H groups in total. The molecule has 126 valence electrons. The summed E-state index contributed by atoms with van der Waals surface area (Å²) in [5.74, 6) is 0.0258. The predicted molar refractivity (Wildman–Crippen MR) is 93.1 cm³/mol. The van der Waals surface area contributed by atoms with Gasteiger partial charge in [0, 0.05) is 16.7 Å². The molecule has 0 bridgehead atoms. The van der Waals surface area contributed by atoms with Crippen LogP contribution in [0.4, 0.5) is 5.69 Å². The number of rotatable bonds is 4. The van der Waals surface area contributed by atoms with Crippen LogP contribution in [0.15, 0.2) is 54.1 Å². The van der Waals surface area contributed by atoms with E-state index in [-0.39, 0.29) is 11.4 Å². The molecule has 0 saturated heterocycles. The summed E-state index contributed by atoms with van der Waals surface area (Å²) in [5.41, 5.74) is 1.32. The molecule has 0 unspecified atom stereocenters. The lowest BCUT2D eigenvalue weighted by Crippen LogP contribution is -1.98. The second kappa shape index (κ2) is 6.78. The fourth-order valence-corrected chi connectivity index (χ4v) is 2.49. The zero-order chi connectivity index (χ0) is 18.0. The molecule has 0 fully saturated rings. The van der Waals surface area contributed by atoms with Crippen molar-refractivity contribution in [3.05, 3.63) is 80.4 Å². The summed E-state index contributed by atoms with van der Waals surface area (Å²) < 4.78 is 10.2. The highest BCUT2D eigenvalue weighted by molar-refractivity contribution is 6.30. The molecule has 0 amide bonds. The summed E-state index contributed by atoms with van der Waals surface area (Å²) in [7, 11) is 1.36. The number of carbonyl (C=O) groups excluding carboxylic acids is 1. The molecule has 1 aliphatic rings. The van der Waals surface area contributed by atoms with Gasteiger partial charge in [-0.05, 0) is 48.0 Å². The molecule has 25 heavy (non-hydrogen) atoms. The van der Waals surface area contributed by atoms with Crippen molar-refractivity contribution in [3.63, 3.8) is 0 Å². The smallest absolute Gasteiger partial charge is 0.343 e. The van der Waals surface area contributed by atoms with Gasteiger partial charge in [0.1, 0.15) is 5.76 Å². The minimum atomic E-state index is -0.539. The molecule has 0 atom stereocenters. The van der Waals surface area contributed by atoms with E-state index in [2.05, 4.69) is 0 Å². The first-order valence-electron chi connectivity index (χ1n) is 7.22. The zero-order valence-electron chi connectivity index (χ0n) is 13.1. The molecule has 2 aromatic rings. The van der Waals surface area contributed by atoms with Gasteiger partial charge in [-0.15, -0.1) is 0 Å². The number of hydrogen-bond donors (Lipinski definition) is 0. The van der Waals surface area contributed by atoms with Gasteiger partial charge in [-0.2, -0.15) is 0 Å². The quantitative estimate of drug-likeness (QED) is 0.354. The molecule has 0 aromatic heterocycles. The second-order valence-electron chi connectivity index (χ2n) is 5.19. The van der Waals surface area contributed by atoms with Crippen LogP contribution in [0.1, 0.15) is 11.1 Å². The van der Waals surface area contributed by atoms with Crippen LogP contribution in [-0.4, -0.2) is 18.0 Å². The van der Waals surface area contributed by atoms with Crippen molar-refractivity contribution < 1.29 is 19.2 Å². The molecule has 0 aliphatic carbocycles. The van der Waals surface area contributed by atoms with Crippen molar-refractivity contribution >= 4 is 35.1 Å². The number of nitro benzene ring substituents is 1. The SMILES string of the molecule is COc1ccc(C=C2C=C(c3ccc(Cl)cc3)OC2=O)cc1[N+](=O)[O-]. The van der Waals surface area contributed by atoms with Gasteiger partial charge in [0.2, 0.25) is 0 Å². The van der Waals surface area contributed by atoms with E-state index in [9.17, 15) is 14.9 Å². The highest BCUT2D eigenvalue weighted by Crippen LogP contribution is 2.31. The zero-order valence-corrected chi connectivity index (χ0v) is 13.8. The summed E-state index contributed by atoms with van der Waals surface area (Å²) in [5, 5.41) is 11.7. The molecule has 1 aliphatic heterocycles. The minimum absolute atomic E-state index is 0.151. The first-order valence-corrected chi connectivity index (χ1v) is 7.59. The van der Waals surface area contributed by atoms with Crippen LogP contribution in [-0.2, 0) is 9.53 Å². The molecule has 3 rings (SSSR count). The van der Waals surface area contributed by atoms with Gasteiger partial charge < -0.3 is 9.47 Å². The third kappa shape index (κ3) is 3.54. The molecule has 2 aromatic carbocycles. The number of esters is 1. The fraction of sp³-hybridized carbons (Fsp3) is 0.0556. The second-order valence-corrected chi connectivity index (χ2v) is 5.63. The van der Waals surface area contributed by atoms with Gasteiger partial charge in [0.25, 0.3) is 0 Å². The molecule has 0 radical (unpaired) electrons. The van der Waals surface area contributed by atoms with Crippen molar-refractivity contribution in [2.45, 2.75) is 0 Å². The minimum Gasteiger partial charge on any atom is -0.490 e. The van der Waals surface area contributed by atoms with Crippen LogP contribution < -0.4 is 4.74 Å². The van der Waals surface area contributed by atoms with Crippen molar-refractivity contribution in [1.82, 2.24) is 0 Å². The number of ether oxygens (including phenoxy) is 2. The number of benzene rings is 2. The maximum absolute atomic E-state index is 12.0. The molecular weight excluding hydrogens is 346 g/mol. The number of hydrogen-bond acceptors (Lipinski definition) is 5. The number of nitrogens with zero attached hydrogens (tertiary/aromatic N) is 1. The van der Waals surface area contributed by atoms with Crippen LogP contribution in [0, 0.1) is 10.1 Å². The van der Waals surface area contributed by atoms with Gasteiger partial charge in [0.05, 0.1) is 17.6 Å². The average molecular weight is 358 g/mol. The predicted octanol–water partition coefficient (Wildman–Crippen LogP) is 4.24. The molecule has 0 spiro atoms. The number of cyclic esters (lactones) is 1. The Bertz CT molecular complexity index is 916. The number of methoxy groups -OCH3 is 1. The largest absolute Gasteiger partial charge is 0.490 e. The van der Waals surface area contributed by atoms with Crippen molar-refractivity contribution in [1.29, 1.82) is 0 Å². The molecule has 6 nitrogen and oxygen atoms in total. The Morgan fingerprint density at radius 1 is 1.20 bits per heavy atom. The molecule has 0 saturated carbocycles. The number of nitro groups is 1. The summed E-state index contributed by atoms with van der Waals surface area (Å²) in [4.78, 5) is 22.6. The summed E-state index contributed by atoms with van der Waals surface area (Å²) >= 11 is 5.84. The Hall–Kier alpha value is -3.12. The Balaban J connectivity index is 1.95. The average Bonchev–Trinajstić information content (AvgIpc) is 2.96. The summed E-state index contributed by atoms with van der Waals surface area (Å²) in [6, 6.07) is 11.3. The van der Waals surface area contributed by atoms with Gasteiger partial charge in [-0.1, -0.05) is 17.7 Å². The lowest BCUT2D eigenvalue weighted by Gasteiger charge is -2.02. The lowest BCUT2D eigenvalue weighted by atomic mass is 10.1. The summed E-state index contributed by atoms with van der Waals surface area (Å²) in [6.45, 7) is 0. The number of carbonyl (C=O) groups is 1. The van der Waals surface area contributed by atoms with E-state index in [1.807, 2.05) is 0 Å². The molecule has 7 heteroatoms. The standard InChI is InChI=1S/C18H12ClNO5/c1-24-16-7-2-11(9-15(16)20(22)23)8-13-10-17(25-18(13)21)12-3-5-14(19)6-4-12/h2-10H,1H3. The first-order chi connectivity index (χ1) is 12.0. The maximum Gasteiger partial charge on any atom is 0.343 e. The topological polar surface area (TPSA) is 78.7 Å². The fourth-order valence-electron chi connectivity index (χ4n) is 2.36. The Morgan fingerprint density at radius 3 is 2.56 bits per heavy atom. The highest BCUT2D eigenvalue weighted by Gasteiger charge is 2.22. The van der Waals surface area contributed by atoms with Gasteiger partial charge in [0.15, 0.2) is 5.75 Å². The third-order valence-electron chi connectivity index (χ3n) is 3.58. The van der Waals surface area contributed by atoms with E-state index in [0.717, 1.165) is 0 Å². The van der Waals surface area contributed by atoms with Gasteiger partial charge in [-0.25, -0.2) is 4.79 Å². The van der Waals surface area contributed by atoms with Gasteiger partial charge >= 0.3 is 11.7 Å². The van der Waals surface area contributed by atoms with Gasteiger partial charge in [-0.3, -0.25) is 10.1 Å². The Morgan fingerprint density at radius 2 is 1.92 bits per heavy atom. The lowest BCUT2D eigenvalue weighted by molar-refractivity contribution is -0.385. The van der Waals surface area contributed by atoms with Crippen molar-refractivity contribution in [3.8, 4) is 5.75 Å². The van der Waals surface area contributed by atoms with Crippen LogP contribution >= 0.6 is 11.6 Å². The van der Waals surface area contributed by atoms with E-state index in [1.54, 1.807) is 36.4 Å². The first kappa shape index (κ1) is 16.7. The van der Waals surface area contributed by atoms with E-state index < -0.39 is 10.9 Å². The number of halogens is 1. The highest BCUT2D eigenvalue weighted by atomic mass is 35.5. The molecular formula is C18H12ClNO5. The maximum atomic E-state index is 12.0. The Labute approximate surface area is 148 Å². The normalized spacial score (nSPS) is 15.0. The van der Waals surface area contributed by atoms with Crippen molar-refractivity contribution in [2.24, 2.45) is 0 Å². The van der Waals surface area contributed by atoms with Crippen molar-refractivity contribution in [2.75, 3.05) is 7.11 Å². The van der Waals surface area contributed by atoms with E-state index in [1.165, 1.54) is 25.3 Å². The van der Waals surface area contributed by atoms with E-state index in [0.29, 0.717) is 27.5 Å². The molecule has 1 heterocycles. The summed E-state index contributed by atoms with van der Waals surface area (Å²) in [6.07, 6.45) is 3.11. The monoisotopic (exact) mass is 357 g/mol. The van der Waals surface area contributed by atoms with Crippen LogP contribution in [0.2, 0.25) is 5.02 Å². The van der Waals surface area contributed by atoms with E-state index in [4.69, 9.17) is 21.1 Å². The third-order valence-corrected chi connectivity index (χ3v) is 3.83. The Kier molecular flexibility index (Phi) is 4.54. The van der Waals surface area contributed by atoms with Crippen LogP contribution in [0.3, 0.4) is 0 Å².